The zero-order valence-electron chi connectivity index (χ0n) is 10.9. The molecule has 1 unspecified atom stereocenters. The standard InChI is InChI=1S/C15H14Cl2INO/c1-2-20-14-8-12(16)11(7-13(14)17)15(19)9-4-3-5-10(18)6-9/h3-8,15H,2,19H2,1H3. The van der Waals surface area contributed by atoms with Gasteiger partial charge in [0.25, 0.3) is 0 Å². The Labute approximate surface area is 142 Å². The molecule has 0 aliphatic heterocycles. The van der Waals surface area contributed by atoms with Gasteiger partial charge in [0.2, 0.25) is 0 Å². The lowest BCUT2D eigenvalue weighted by Gasteiger charge is -2.16. The highest BCUT2D eigenvalue weighted by atomic mass is 127. The van der Waals surface area contributed by atoms with E-state index < -0.39 is 0 Å². The van der Waals surface area contributed by atoms with Gasteiger partial charge in [-0.1, -0.05) is 35.3 Å². The van der Waals surface area contributed by atoms with E-state index in [1.807, 2.05) is 31.2 Å². The quantitative estimate of drug-likeness (QED) is 0.701. The molecule has 0 amide bonds. The van der Waals surface area contributed by atoms with Gasteiger partial charge < -0.3 is 10.5 Å². The predicted octanol–water partition coefficient (Wildman–Crippen LogP) is 5.04. The molecule has 0 heterocycles. The summed E-state index contributed by atoms with van der Waals surface area (Å²) in [6, 6.07) is 11.2. The molecular weight excluding hydrogens is 408 g/mol. The fraction of sp³-hybridized carbons (Fsp3) is 0.200. The predicted molar refractivity (Wildman–Crippen MR) is 92.8 cm³/mol. The van der Waals surface area contributed by atoms with E-state index in [0.29, 0.717) is 22.4 Å². The van der Waals surface area contributed by atoms with Gasteiger partial charge in [-0.3, -0.25) is 0 Å². The van der Waals surface area contributed by atoms with Crippen LogP contribution < -0.4 is 10.5 Å². The molecule has 106 valence electrons. The average molecular weight is 422 g/mol. The molecule has 0 spiro atoms. The van der Waals surface area contributed by atoms with Crippen molar-refractivity contribution in [2.45, 2.75) is 13.0 Å². The van der Waals surface area contributed by atoms with Crippen LogP contribution in [0, 0.1) is 3.57 Å². The van der Waals surface area contributed by atoms with Crippen LogP contribution in [-0.4, -0.2) is 6.61 Å². The largest absolute Gasteiger partial charge is 0.492 e. The summed E-state index contributed by atoms with van der Waals surface area (Å²) in [5.41, 5.74) is 8.08. The van der Waals surface area contributed by atoms with E-state index in [-0.39, 0.29) is 6.04 Å². The minimum Gasteiger partial charge on any atom is -0.492 e. The Hall–Kier alpha value is -0.490. The van der Waals surface area contributed by atoms with E-state index in [9.17, 15) is 0 Å². The summed E-state index contributed by atoms with van der Waals surface area (Å²) in [6.45, 7) is 2.44. The van der Waals surface area contributed by atoms with E-state index in [2.05, 4.69) is 22.6 Å². The molecule has 0 saturated carbocycles. The van der Waals surface area contributed by atoms with E-state index in [1.54, 1.807) is 12.1 Å². The maximum Gasteiger partial charge on any atom is 0.139 e. The molecule has 2 rings (SSSR count). The molecule has 0 aliphatic carbocycles. The van der Waals surface area contributed by atoms with E-state index in [4.69, 9.17) is 33.7 Å². The first-order valence-corrected chi connectivity index (χ1v) is 7.99. The van der Waals surface area contributed by atoms with Crippen molar-refractivity contribution < 1.29 is 4.74 Å². The number of benzene rings is 2. The number of ether oxygens (including phenoxy) is 1. The number of hydrogen-bond acceptors (Lipinski definition) is 2. The third kappa shape index (κ3) is 3.58. The Morgan fingerprint density at radius 2 is 1.95 bits per heavy atom. The summed E-state index contributed by atoms with van der Waals surface area (Å²) in [4.78, 5) is 0. The minimum atomic E-state index is -0.314. The first-order valence-electron chi connectivity index (χ1n) is 6.15. The second kappa shape index (κ2) is 6.98. The summed E-state index contributed by atoms with van der Waals surface area (Å²) in [6.07, 6.45) is 0. The first-order chi connectivity index (χ1) is 9.52. The Bertz CT molecular complexity index is 619. The fourth-order valence-electron chi connectivity index (χ4n) is 1.93. The Kier molecular flexibility index (Phi) is 5.55. The smallest absolute Gasteiger partial charge is 0.139 e. The molecule has 1 atom stereocenters. The highest BCUT2D eigenvalue weighted by Gasteiger charge is 2.16. The van der Waals surface area contributed by atoms with Crippen LogP contribution in [0.3, 0.4) is 0 Å². The monoisotopic (exact) mass is 421 g/mol. The topological polar surface area (TPSA) is 35.2 Å². The van der Waals surface area contributed by atoms with Crippen molar-refractivity contribution >= 4 is 45.8 Å². The van der Waals surface area contributed by atoms with Crippen molar-refractivity contribution in [3.63, 3.8) is 0 Å². The van der Waals surface area contributed by atoms with Crippen LogP contribution in [-0.2, 0) is 0 Å². The third-order valence-electron chi connectivity index (χ3n) is 2.89. The summed E-state index contributed by atoms with van der Waals surface area (Å²) in [5.74, 6) is 0.581. The van der Waals surface area contributed by atoms with E-state index in [1.165, 1.54) is 0 Å². The van der Waals surface area contributed by atoms with Gasteiger partial charge in [-0.05, 0) is 58.8 Å². The van der Waals surface area contributed by atoms with Crippen LogP contribution in [0.5, 0.6) is 5.75 Å². The third-order valence-corrected chi connectivity index (χ3v) is 4.19. The van der Waals surface area contributed by atoms with Gasteiger partial charge in [-0.2, -0.15) is 0 Å². The molecular formula is C15H14Cl2INO. The van der Waals surface area contributed by atoms with Gasteiger partial charge in [0.1, 0.15) is 5.75 Å². The fourth-order valence-corrected chi connectivity index (χ4v) is 2.99. The molecule has 0 saturated heterocycles. The van der Waals surface area contributed by atoms with Gasteiger partial charge in [0, 0.05) is 14.7 Å². The Morgan fingerprint density at radius 3 is 2.60 bits per heavy atom. The molecule has 0 fully saturated rings. The van der Waals surface area contributed by atoms with Gasteiger partial charge in [-0.15, -0.1) is 0 Å². The summed E-state index contributed by atoms with van der Waals surface area (Å²) in [5, 5.41) is 1.08. The number of hydrogen-bond donors (Lipinski definition) is 1. The number of rotatable bonds is 4. The summed E-state index contributed by atoms with van der Waals surface area (Å²) in [7, 11) is 0. The summed E-state index contributed by atoms with van der Waals surface area (Å²) >= 11 is 14.8. The molecule has 2 nitrogen and oxygen atoms in total. The lowest BCUT2D eigenvalue weighted by molar-refractivity contribution is 0.340. The highest BCUT2D eigenvalue weighted by Crippen LogP contribution is 2.35. The molecule has 2 aromatic carbocycles. The van der Waals surface area contributed by atoms with Crippen molar-refractivity contribution in [2.75, 3.05) is 6.61 Å². The molecule has 5 heteroatoms. The van der Waals surface area contributed by atoms with Crippen LogP contribution in [0.2, 0.25) is 10.0 Å². The Balaban J connectivity index is 2.40. The van der Waals surface area contributed by atoms with Crippen LogP contribution in [0.25, 0.3) is 0 Å². The molecule has 20 heavy (non-hydrogen) atoms. The Morgan fingerprint density at radius 1 is 1.20 bits per heavy atom. The van der Waals surface area contributed by atoms with Crippen molar-refractivity contribution in [2.24, 2.45) is 5.73 Å². The van der Waals surface area contributed by atoms with Gasteiger partial charge in [-0.25, -0.2) is 0 Å². The lowest BCUT2D eigenvalue weighted by atomic mass is 9.99. The van der Waals surface area contributed by atoms with Crippen molar-refractivity contribution in [1.29, 1.82) is 0 Å². The van der Waals surface area contributed by atoms with Gasteiger partial charge in [0.15, 0.2) is 0 Å². The zero-order chi connectivity index (χ0) is 14.7. The van der Waals surface area contributed by atoms with Crippen molar-refractivity contribution in [1.82, 2.24) is 0 Å². The molecule has 0 radical (unpaired) electrons. The average Bonchev–Trinajstić information content (AvgIpc) is 2.42. The molecule has 0 aliphatic rings. The van der Waals surface area contributed by atoms with Crippen LogP contribution >= 0.6 is 45.8 Å². The van der Waals surface area contributed by atoms with Gasteiger partial charge in [0.05, 0.1) is 17.7 Å². The SMILES string of the molecule is CCOc1cc(Cl)c(C(N)c2cccc(I)c2)cc1Cl. The molecule has 0 aromatic heterocycles. The van der Waals surface area contributed by atoms with Crippen LogP contribution in [0.1, 0.15) is 24.1 Å². The van der Waals surface area contributed by atoms with Crippen LogP contribution in [0.15, 0.2) is 36.4 Å². The summed E-state index contributed by atoms with van der Waals surface area (Å²) < 4.78 is 6.55. The van der Waals surface area contributed by atoms with Crippen molar-refractivity contribution in [3.8, 4) is 5.75 Å². The molecule has 2 aromatic rings. The lowest BCUT2D eigenvalue weighted by Crippen LogP contribution is -2.12. The maximum atomic E-state index is 6.30. The number of nitrogens with two attached hydrogens (primary N) is 1. The van der Waals surface area contributed by atoms with Gasteiger partial charge >= 0.3 is 0 Å². The normalized spacial score (nSPS) is 12.2. The van der Waals surface area contributed by atoms with Crippen molar-refractivity contribution in [3.05, 3.63) is 61.1 Å². The number of halogens is 3. The minimum absolute atomic E-state index is 0.314. The second-order valence-corrected chi connectivity index (χ2v) is 6.33. The van der Waals surface area contributed by atoms with E-state index in [0.717, 1.165) is 14.7 Å². The molecule has 0 bridgehead atoms. The molecule has 2 N–H and O–H groups in total. The zero-order valence-corrected chi connectivity index (χ0v) is 14.5. The first kappa shape index (κ1) is 15.9. The second-order valence-electron chi connectivity index (χ2n) is 4.27. The van der Waals surface area contributed by atoms with E-state index >= 15 is 0 Å². The highest BCUT2D eigenvalue weighted by molar-refractivity contribution is 14.1. The van der Waals surface area contributed by atoms with Crippen LogP contribution in [0.4, 0.5) is 0 Å². The maximum absolute atomic E-state index is 6.30.